The maximum Gasteiger partial charge on any atom is 0.0711 e. The number of benzene rings is 3. The van der Waals surface area contributed by atoms with Gasteiger partial charge in [-0.25, -0.2) is 0 Å². The lowest BCUT2D eigenvalue weighted by Gasteiger charge is -2.09. The smallest absolute Gasteiger partial charge is 0.0711 e. The van der Waals surface area contributed by atoms with E-state index in [1.54, 1.807) is 0 Å². The Kier molecular flexibility index (Phi) is 2.89. The van der Waals surface area contributed by atoms with Crippen molar-refractivity contribution in [1.82, 2.24) is 4.98 Å². The molecule has 3 aromatic carbocycles. The molecule has 0 saturated heterocycles. The van der Waals surface area contributed by atoms with Crippen LogP contribution in [-0.2, 0) is 6.42 Å². The van der Waals surface area contributed by atoms with Crippen molar-refractivity contribution in [2.24, 2.45) is 0 Å². The fraction of sp³-hybridized carbons (Fsp3) is 0.0500. The zero-order valence-corrected chi connectivity index (χ0v) is 11.7. The third-order valence-electron chi connectivity index (χ3n) is 3.94. The van der Waals surface area contributed by atoms with E-state index in [2.05, 4.69) is 77.8 Å². The van der Waals surface area contributed by atoms with Gasteiger partial charge in [-0.15, -0.1) is 0 Å². The average molecular weight is 269 g/mol. The van der Waals surface area contributed by atoms with E-state index in [9.17, 15) is 0 Å². The number of rotatable bonds is 2. The van der Waals surface area contributed by atoms with E-state index in [1.807, 2.05) is 6.20 Å². The number of nitrogens with zero attached hydrogens (tertiary/aromatic N) is 1. The van der Waals surface area contributed by atoms with E-state index in [4.69, 9.17) is 0 Å². The highest BCUT2D eigenvalue weighted by atomic mass is 14.6. The van der Waals surface area contributed by atoms with Gasteiger partial charge in [-0.1, -0.05) is 66.7 Å². The second kappa shape index (κ2) is 5.02. The van der Waals surface area contributed by atoms with Crippen LogP contribution in [0.3, 0.4) is 0 Å². The van der Waals surface area contributed by atoms with E-state index in [0.717, 1.165) is 11.9 Å². The monoisotopic (exact) mass is 269 g/mol. The molecule has 21 heavy (non-hydrogen) atoms. The molecule has 0 bridgehead atoms. The summed E-state index contributed by atoms with van der Waals surface area (Å²) in [6.07, 6.45) is 2.90. The molecule has 1 heterocycles. The highest BCUT2D eigenvalue weighted by molar-refractivity contribution is 6.07. The summed E-state index contributed by atoms with van der Waals surface area (Å²) in [7, 11) is 0. The molecule has 4 aromatic rings. The SMILES string of the molecule is c1ccc(Cc2cccc3ncc4ccccc4c23)cc1. The van der Waals surface area contributed by atoms with Gasteiger partial charge in [-0.3, -0.25) is 4.98 Å². The van der Waals surface area contributed by atoms with Crippen LogP contribution in [0.2, 0.25) is 0 Å². The van der Waals surface area contributed by atoms with Crippen molar-refractivity contribution < 1.29 is 0 Å². The Labute approximate surface area is 123 Å². The van der Waals surface area contributed by atoms with Crippen LogP contribution in [-0.4, -0.2) is 4.98 Å². The molecular formula is C20H15N. The van der Waals surface area contributed by atoms with Gasteiger partial charge in [0.15, 0.2) is 0 Å². The van der Waals surface area contributed by atoms with Crippen LogP contribution < -0.4 is 0 Å². The first-order valence-electron chi connectivity index (χ1n) is 7.21. The third-order valence-corrected chi connectivity index (χ3v) is 3.94. The predicted octanol–water partition coefficient (Wildman–Crippen LogP) is 4.98. The Morgan fingerprint density at radius 3 is 2.43 bits per heavy atom. The first-order valence-corrected chi connectivity index (χ1v) is 7.21. The summed E-state index contributed by atoms with van der Waals surface area (Å²) < 4.78 is 0. The molecule has 100 valence electrons. The minimum absolute atomic E-state index is 0.938. The molecule has 0 unspecified atom stereocenters. The fourth-order valence-electron chi connectivity index (χ4n) is 2.94. The molecule has 0 spiro atoms. The lowest BCUT2D eigenvalue weighted by molar-refractivity contribution is 1.21. The van der Waals surface area contributed by atoms with Gasteiger partial charge in [0.1, 0.15) is 0 Å². The van der Waals surface area contributed by atoms with Crippen molar-refractivity contribution in [3.8, 4) is 0 Å². The molecule has 0 aliphatic carbocycles. The number of aromatic nitrogens is 1. The Balaban J connectivity index is 1.98. The molecule has 1 aromatic heterocycles. The van der Waals surface area contributed by atoms with Gasteiger partial charge in [0.2, 0.25) is 0 Å². The third kappa shape index (κ3) is 2.17. The summed E-state index contributed by atoms with van der Waals surface area (Å²) in [5, 5.41) is 3.76. The maximum absolute atomic E-state index is 4.61. The first-order chi connectivity index (χ1) is 10.4. The van der Waals surface area contributed by atoms with Gasteiger partial charge >= 0.3 is 0 Å². The topological polar surface area (TPSA) is 12.9 Å². The predicted molar refractivity (Wildman–Crippen MR) is 88.5 cm³/mol. The molecule has 0 saturated carbocycles. The second-order valence-electron chi connectivity index (χ2n) is 5.32. The molecule has 0 radical (unpaired) electrons. The van der Waals surface area contributed by atoms with Crippen molar-refractivity contribution in [3.63, 3.8) is 0 Å². The summed E-state index contributed by atoms with van der Waals surface area (Å²) in [5.74, 6) is 0. The van der Waals surface area contributed by atoms with Crippen LogP contribution >= 0.6 is 0 Å². The molecule has 1 nitrogen and oxygen atoms in total. The van der Waals surface area contributed by atoms with E-state index in [-0.39, 0.29) is 0 Å². The quantitative estimate of drug-likeness (QED) is 0.468. The number of hydrogen-bond acceptors (Lipinski definition) is 1. The molecule has 4 rings (SSSR count). The van der Waals surface area contributed by atoms with Crippen molar-refractivity contribution >= 4 is 21.7 Å². The van der Waals surface area contributed by atoms with E-state index in [0.29, 0.717) is 0 Å². The summed E-state index contributed by atoms with van der Waals surface area (Å²) >= 11 is 0. The van der Waals surface area contributed by atoms with Crippen LogP contribution in [0.25, 0.3) is 21.7 Å². The van der Waals surface area contributed by atoms with E-state index < -0.39 is 0 Å². The normalized spacial score (nSPS) is 11.0. The number of pyridine rings is 1. The van der Waals surface area contributed by atoms with Crippen LogP contribution in [0.15, 0.2) is 79.0 Å². The summed E-state index contributed by atoms with van der Waals surface area (Å²) in [6.45, 7) is 0. The van der Waals surface area contributed by atoms with Crippen molar-refractivity contribution in [1.29, 1.82) is 0 Å². The number of hydrogen-bond donors (Lipinski definition) is 0. The summed E-state index contributed by atoms with van der Waals surface area (Å²) in [6, 6.07) is 25.5. The summed E-state index contributed by atoms with van der Waals surface area (Å²) in [4.78, 5) is 4.61. The van der Waals surface area contributed by atoms with Crippen molar-refractivity contribution in [2.45, 2.75) is 6.42 Å². The van der Waals surface area contributed by atoms with E-state index >= 15 is 0 Å². The molecular weight excluding hydrogens is 254 g/mol. The lowest BCUT2D eigenvalue weighted by atomic mass is 9.97. The maximum atomic E-state index is 4.61. The van der Waals surface area contributed by atoms with Crippen LogP contribution in [0, 0.1) is 0 Å². The fourth-order valence-corrected chi connectivity index (χ4v) is 2.94. The molecule has 1 heteroatoms. The zero-order chi connectivity index (χ0) is 14.1. The first kappa shape index (κ1) is 12.1. The molecule has 0 atom stereocenters. The zero-order valence-electron chi connectivity index (χ0n) is 11.7. The highest BCUT2D eigenvalue weighted by Gasteiger charge is 2.07. The van der Waals surface area contributed by atoms with Gasteiger partial charge in [0.05, 0.1) is 5.52 Å². The minimum atomic E-state index is 0.938. The minimum Gasteiger partial charge on any atom is -0.256 e. The average Bonchev–Trinajstić information content (AvgIpc) is 2.56. The van der Waals surface area contributed by atoms with Crippen molar-refractivity contribution in [3.05, 3.63) is 90.1 Å². The van der Waals surface area contributed by atoms with Gasteiger partial charge in [-0.2, -0.15) is 0 Å². The summed E-state index contributed by atoms with van der Waals surface area (Å²) in [5.41, 5.74) is 3.74. The Hall–Kier alpha value is -2.67. The second-order valence-corrected chi connectivity index (χ2v) is 5.32. The molecule has 0 fully saturated rings. The molecule has 0 aliphatic rings. The van der Waals surface area contributed by atoms with Gasteiger partial charge in [0, 0.05) is 17.0 Å². The van der Waals surface area contributed by atoms with Gasteiger partial charge < -0.3 is 0 Å². The molecule has 0 amide bonds. The Bertz CT molecular complexity index is 910. The Morgan fingerprint density at radius 2 is 1.52 bits per heavy atom. The van der Waals surface area contributed by atoms with E-state index in [1.165, 1.54) is 27.3 Å². The lowest BCUT2D eigenvalue weighted by Crippen LogP contribution is -1.92. The van der Waals surface area contributed by atoms with Crippen LogP contribution in [0.4, 0.5) is 0 Å². The molecule has 0 N–H and O–H groups in total. The standard InChI is InChI=1S/C20H15N/c1-2-7-15(8-3-1)13-16-10-6-12-19-20(16)18-11-5-4-9-17(18)14-21-19/h1-12,14H,13H2. The van der Waals surface area contributed by atoms with Crippen LogP contribution in [0.1, 0.15) is 11.1 Å². The number of fused-ring (bicyclic) bond motifs is 3. The largest absolute Gasteiger partial charge is 0.256 e. The highest BCUT2D eigenvalue weighted by Crippen LogP contribution is 2.27. The van der Waals surface area contributed by atoms with Gasteiger partial charge in [-0.05, 0) is 29.0 Å². The van der Waals surface area contributed by atoms with Crippen LogP contribution in [0.5, 0.6) is 0 Å². The van der Waals surface area contributed by atoms with Gasteiger partial charge in [0.25, 0.3) is 0 Å². The van der Waals surface area contributed by atoms with Crippen molar-refractivity contribution in [2.75, 3.05) is 0 Å². The Morgan fingerprint density at radius 1 is 0.714 bits per heavy atom. The molecule has 0 aliphatic heterocycles.